The van der Waals surface area contributed by atoms with Gasteiger partial charge in [0.15, 0.2) is 5.96 Å². The summed E-state index contributed by atoms with van der Waals surface area (Å²) in [7, 11) is 1.75. The van der Waals surface area contributed by atoms with Crippen LogP contribution in [0, 0.1) is 29.6 Å². The van der Waals surface area contributed by atoms with Crippen LogP contribution in [0.25, 0.3) is 0 Å². The number of aliphatic imine (C=N–C) groups is 1. The highest BCUT2D eigenvalue weighted by molar-refractivity contribution is 14.0. The molecule has 5 unspecified atom stereocenters. The van der Waals surface area contributed by atoms with E-state index in [-0.39, 0.29) is 59.5 Å². The number of amides is 2. The fourth-order valence-electron chi connectivity index (χ4n) is 5.51. The number of rotatable bonds is 6. The SMILES string of the molecule is CN=C(NCCN1CCCC(C)C1)NCCN1C(=O)C2C3C=CC(C3)C2C1=O.I. The largest absolute Gasteiger partial charge is 0.355 e. The van der Waals surface area contributed by atoms with Crippen LogP contribution in [-0.2, 0) is 9.59 Å². The second-order valence-electron chi connectivity index (χ2n) is 8.80. The fourth-order valence-corrected chi connectivity index (χ4v) is 5.51. The van der Waals surface area contributed by atoms with Crippen LogP contribution in [0.4, 0.5) is 0 Å². The second-order valence-corrected chi connectivity index (χ2v) is 8.80. The molecule has 7 nitrogen and oxygen atoms in total. The highest BCUT2D eigenvalue weighted by Gasteiger charge is 2.58. The van der Waals surface area contributed by atoms with E-state index in [0.717, 1.165) is 31.4 Å². The fraction of sp³-hybridized carbons (Fsp3) is 0.762. The lowest BCUT2D eigenvalue weighted by Crippen LogP contribution is -2.46. The lowest BCUT2D eigenvalue weighted by molar-refractivity contribution is -0.140. The topological polar surface area (TPSA) is 77.0 Å². The molecule has 3 fully saturated rings. The number of fused-ring (bicyclic) bond motifs is 5. The summed E-state index contributed by atoms with van der Waals surface area (Å²) in [5.41, 5.74) is 0. The Morgan fingerprint density at radius 3 is 2.31 bits per heavy atom. The van der Waals surface area contributed by atoms with Gasteiger partial charge in [-0.1, -0.05) is 19.1 Å². The summed E-state index contributed by atoms with van der Waals surface area (Å²) in [6.45, 7) is 7.45. The molecule has 4 rings (SSSR count). The molecule has 5 atom stereocenters. The maximum absolute atomic E-state index is 12.7. The van der Waals surface area contributed by atoms with Gasteiger partial charge in [0.05, 0.1) is 11.8 Å². The number of guanidine groups is 1. The number of hydrogen-bond acceptors (Lipinski definition) is 4. The van der Waals surface area contributed by atoms with E-state index in [9.17, 15) is 9.59 Å². The van der Waals surface area contributed by atoms with Crippen LogP contribution in [0.1, 0.15) is 26.2 Å². The van der Waals surface area contributed by atoms with E-state index in [0.29, 0.717) is 13.1 Å². The molecule has 29 heavy (non-hydrogen) atoms. The summed E-state index contributed by atoms with van der Waals surface area (Å²) >= 11 is 0. The van der Waals surface area contributed by atoms with Crippen molar-refractivity contribution in [2.75, 3.05) is 46.3 Å². The summed E-state index contributed by atoms with van der Waals surface area (Å²) in [6.07, 6.45) is 7.86. The number of halogens is 1. The molecule has 2 amide bonds. The molecule has 2 aliphatic heterocycles. The molecular weight excluding hydrogens is 481 g/mol. The van der Waals surface area contributed by atoms with E-state index in [2.05, 4.69) is 39.6 Å². The third-order valence-electron chi connectivity index (χ3n) is 6.87. The molecule has 0 aromatic rings. The smallest absolute Gasteiger partial charge is 0.233 e. The Morgan fingerprint density at radius 1 is 1.10 bits per heavy atom. The van der Waals surface area contributed by atoms with E-state index in [1.807, 2.05) is 0 Å². The number of carbonyl (C=O) groups excluding carboxylic acids is 2. The maximum Gasteiger partial charge on any atom is 0.233 e. The highest BCUT2D eigenvalue weighted by atomic mass is 127. The number of hydrogen-bond donors (Lipinski definition) is 2. The number of imide groups is 1. The van der Waals surface area contributed by atoms with Gasteiger partial charge < -0.3 is 15.5 Å². The van der Waals surface area contributed by atoms with Gasteiger partial charge in [-0.2, -0.15) is 0 Å². The van der Waals surface area contributed by atoms with Crippen LogP contribution >= 0.6 is 24.0 Å². The molecule has 1 saturated carbocycles. The van der Waals surface area contributed by atoms with Gasteiger partial charge in [0, 0.05) is 39.8 Å². The van der Waals surface area contributed by atoms with E-state index in [1.165, 1.54) is 30.8 Å². The van der Waals surface area contributed by atoms with Crippen LogP contribution in [0.5, 0.6) is 0 Å². The van der Waals surface area contributed by atoms with Gasteiger partial charge in [0.2, 0.25) is 11.8 Å². The monoisotopic (exact) mass is 515 g/mol. The first-order valence-electron chi connectivity index (χ1n) is 10.8. The molecule has 2 bridgehead atoms. The summed E-state index contributed by atoms with van der Waals surface area (Å²) in [4.78, 5) is 33.6. The van der Waals surface area contributed by atoms with Gasteiger partial charge in [-0.25, -0.2) is 0 Å². The zero-order chi connectivity index (χ0) is 19.7. The van der Waals surface area contributed by atoms with Gasteiger partial charge in [-0.15, -0.1) is 24.0 Å². The van der Waals surface area contributed by atoms with Crippen molar-refractivity contribution in [3.63, 3.8) is 0 Å². The van der Waals surface area contributed by atoms with Crippen LogP contribution in [-0.4, -0.2) is 73.9 Å². The Labute approximate surface area is 190 Å². The number of carbonyl (C=O) groups is 2. The third-order valence-corrected chi connectivity index (χ3v) is 6.87. The molecule has 2 heterocycles. The van der Waals surface area contributed by atoms with Gasteiger partial charge in [0.25, 0.3) is 0 Å². The van der Waals surface area contributed by atoms with Crippen molar-refractivity contribution in [3.05, 3.63) is 12.2 Å². The molecule has 2 aliphatic carbocycles. The van der Waals surface area contributed by atoms with Gasteiger partial charge in [0.1, 0.15) is 0 Å². The minimum Gasteiger partial charge on any atom is -0.355 e. The molecule has 2 saturated heterocycles. The first kappa shape index (κ1) is 22.5. The predicted octanol–water partition coefficient (Wildman–Crippen LogP) is 1.31. The zero-order valence-electron chi connectivity index (χ0n) is 17.5. The number of piperidine rings is 1. The predicted molar refractivity (Wildman–Crippen MR) is 124 cm³/mol. The van der Waals surface area contributed by atoms with E-state index in [1.54, 1.807) is 7.05 Å². The van der Waals surface area contributed by atoms with Crippen LogP contribution in [0.3, 0.4) is 0 Å². The van der Waals surface area contributed by atoms with Crippen molar-refractivity contribution < 1.29 is 9.59 Å². The molecule has 0 aromatic heterocycles. The van der Waals surface area contributed by atoms with Gasteiger partial charge in [-0.3, -0.25) is 19.5 Å². The maximum atomic E-state index is 12.7. The Kier molecular flexibility index (Phi) is 7.58. The lowest BCUT2D eigenvalue weighted by Gasteiger charge is -2.30. The van der Waals surface area contributed by atoms with E-state index in [4.69, 9.17) is 0 Å². The van der Waals surface area contributed by atoms with Crippen molar-refractivity contribution in [3.8, 4) is 0 Å². The molecule has 162 valence electrons. The normalized spacial score (nSPS) is 33.8. The minimum absolute atomic E-state index is 0. The molecule has 0 radical (unpaired) electrons. The number of nitrogens with zero attached hydrogens (tertiary/aromatic N) is 3. The second kappa shape index (κ2) is 9.76. The summed E-state index contributed by atoms with van der Waals surface area (Å²) < 4.78 is 0. The zero-order valence-corrected chi connectivity index (χ0v) is 19.8. The summed E-state index contributed by atoms with van der Waals surface area (Å²) in [5.74, 6) is 1.90. The Morgan fingerprint density at radius 2 is 1.72 bits per heavy atom. The molecule has 0 aromatic carbocycles. The number of nitrogens with one attached hydrogen (secondary N) is 2. The van der Waals surface area contributed by atoms with Gasteiger partial charge >= 0.3 is 0 Å². The Hall–Kier alpha value is -1.16. The molecule has 0 spiro atoms. The van der Waals surface area contributed by atoms with E-state index < -0.39 is 0 Å². The summed E-state index contributed by atoms with van der Waals surface area (Å²) in [6, 6.07) is 0. The number of likely N-dealkylation sites (tertiary alicyclic amines) is 2. The molecular formula is C21H34IN5O2. The van der Waals surface area contributed by atoms with Crippen molar-refractivity contribution in [2.45, 2.75) is 26.2 Å². The first-order valence-corrected chi connectivity index (χ1v) is 10.8. The standard InChI is InChI=1S/C21H33N5O2.HI/c1-14-4-3-9-25(13-14)10-7-23-21(22-2)24-8-11-26-19(27)17-15-5-6-16(12-15)18(17)20(26)28;/h5-6,14-18H,3-4,7-13H2,1-2H3,(H2,22,23,24);1H. The quantitative estimate of drug-likeness (QED) is 0.184. The first-order chi connectivity index (χ1) is 13.6. The highest BCUT2D eigenvalue weighted by Crippen LogP contribution is 2.52. The van der Waals surface area contributed by atoms with Crippen molar-refractivity contribution in [2.24, 2.45) is 34.6 Å². The Bertz CT molecular complexity index is 652. The average molecular weight is 515 g/mol. The van der Waals surface area contributed by atoms with Crippen molar-refractivity contribution in [1.82, 2.24) is 20.4 Å². The molecule has 4 aliphatic rings. The Balaban J connectivity index is 0.00000240. The van der Waals surface area contributed by atoms with Crippen molar-refractivity contribution in [1.29, 1.82) is 0 Å². The molecule has 2 N–H and O–H groups in total. The van der Waals surface area contributed by atoms with Crippen LogP contribution in [0.2, 0.25) is 0 Å². The van der Waals surface area contributed by atoms with Crippen LogP contribution < -0.4 is 10.6 Å². The summed E-state index contributed by atoms with van der Waals surface area (Å²) in [5, 5.41) is 6.59. The minimum atomic E-state index is -0.105. The van der Waals surface area contributed by atoms with Crippen LogP contribution in [0.15, 0.2) is 17.1 Å². The van der Waals surface area contributed by atoms with Gasteiger partial charge in [-0.05, 0) is 43.6 Å². The third kappa shape index (κ3) is 4.62. The lowest BCUT2D eigenvalue weighted by atomic mass is 9.85. The average Bonchev–Trinajstić information content (AvgIpc) is 3.36. The molecule has 8 heteroatoms. The van der Waals surface area contributed by atoms with E-state index >= 15 is 0 Å². The van der Waals surface area contributed by atoms with Crippen molar-refractivity contribution >= 4 is 41.8 Å². The number of allylic oxidation sites excluding steroid dienone is 2.